The van der Waals surface area contributed by atoms with Gasteiger partial charge in [-0.05, 0) is 13.1 Å². The number of amides is 1. The Morgan fingerprint density at radius 3 is 2.50 bits per heavy atom. The van der Waals surface area contributed by atoms with E-state index in [9.17, 15) is 4.79 Å². The summed E-state index contributed by atoms with van der Waals surface area (Å²) in [6.45, 7) is 3.79. The molecule has 1 N–H and O–H groups in total. The molecule has 3 aromatic rings. The first kappa shape index (κ1) is 18.1. The maximum absolute atomic E-state index is 12.8. The molecular formula is C20H23N7O. The van der Waals surface area contributed by atoms with Crippen molar-refractivity contribution in [3.05, 3.63) is 54.5 Å². The van der Waals surface area contributed by atoms with Crippen molar-refractivity contribution in [2.75, 3.05) is 43.4 Å². The van der Waals surface area contributed by atoms with Gasteiger partial charge in [-0.3, -0.25) is 9.48 Å². The zero-order valence-corrected chi connectivity index (χ0v) is 16.0. The number of aromatic nitrogens is 4. The molecule has 0 atom stereocenters. The SMILES string of the molecule is CN1CCN(c2cc(NC(=O)c3cc(-c4ccccc4)nn3C)ncn2)CC1. The van der Waals surface area contributed by atoms with Crippen LogP contribution in [0.15, 0.2) is 48.8 Å². The van der Waals surface area contributed by atoms with E-state index in [0.29, 0.717) is 11.5 Å². The van der Waals surface area contributed by atoms with Crippen LogP contribution in [-0.4, -0.2) is 63.8 Å². The molecule has 0 spiro atoms. The second-order valence-electron chi connectivity index (χ2n) is 6.91. The van der Waals surface area contributed by atoms with E-state index in [1.807, 2.05) is 36.4 Å². The number of piperazine rings is 1. The number of nitrogens with one attached hydrogen (secondary N) is 1. The molecule has 8 nitrogen and oxygen atoms in total. The number of rotatable bonds is 4. The largest absolute Gasteiger partial charge is 0.354 e. The molecule has 1 saturated heterocycles. The smallest absolute Gasteiger partial charge is 0.275 e. The van der Waals surface area contributed by atoms with Crippen LogP contribution in [-0.2, 0) is 7.05 Å². The molecule has 4 rings (SSSR count). The van der Waals surface area contributed by atoms with Crippen LogP contribution in [0.2, 0.25) is 0 Å². The van der Waals surface area contributed by atoms with Gasteiger partial charge in [0.2, 0.25) is 0 Å². The Labute approximate surface area is 163 Å². The molecule has 0 unspecified atom stereocenters. The second-order valence-corrected chi connectivity index (χ2v) is 6.91. The molecule has 0 radical (unpaired) electrons. The summed E-state index contributed by atoms with van der Waals surface area (Å²) in [5, 5.41) is 7.32. The van der Waals surface area contributed by atoms with Gasteiger partial charge >= 0.3 is 0 Å². The van der Waals surface area contributed by atoms with Crippen LogP contribution >= 0.6 is 0 Å². The van der Waals surface area contributed by atoms with Gasteiger partial charge in [0.15, 0.2) is 0 Å². The number of hydrogen-bond acceptors (Lipinski definition) is 6. The number of hydrogen-bond donors (Lipinski definition) is 1. The zero-order chi connectivity index (χ0) is 19.5. The fourth-order valence-electron chi connectivity index (χ4n) is 3.23. The van der Waals surface area contributed by atoms with Gasteiger partial charge in [0.1, 0.15) is 23.7 Å². The molecule has 8 heteroatoms. The highest BCUT2D eigenvalue weighted by molar-refractivity contribution is 6.03. The third kappa shape index (κ3) is 3.86. The van der Waals surface area contributed by atoms with E-state index in [-0.39, 0.29) is 5.91 Å². The van der Waals surface area contributed by atoms with Gasteiger partial charge in [0.05, 0.1) is 5.69 Å². The molecule has 0 aliphatic carbocycles. The van der Waals surface area contributed by atoms with Crippen molar-refractivity contribution < 1.29 is 4.79 Å². The molecule has 3 heterocycles. The second kappa shape index (κ2) is 7.77. The van der Waals surface area contributed by atoms with Gasteiger partial charge in [-0.15, -0.1) is 0 Å². The Bertz CT molecular complexity index is 962. The Morgan fingerprint density at radius 1 is 1.00 bits per heavy atom. The molecule has 1 aliphatic heterocycles. The van der Waals surface area contributed by atoms with Gasteiger partial charge in [-0.2, -0.15) is 5.10 Å². The summed E-state index contributed by atoms with van der Waals surface area (Å²) in [5.41, 5.74) is 2.20. The van der Waals surface area contributed by atoms with Gasteiger partial charge in [0, 0.05) is 44.9 Å². The Balaban J connectivity index is 1.50. The van der Waals surface area contributed by atoms with Gasteiger partial charge < -0.3 is 15.1 Å². The maximum atomic E-state index is 12.8. The van der Waals surface area contributed by atoms with Crippen molar-refractivity contribution in [1.82, 2.24) is 24.6 Å². The summed E-state index contributed by atoms with van der Waals surface area (Å²) in [6.07, 6.45) is 1.49. The van der Waals surface area contributed by atoms with E-state index in [1.54, 1.807) is 17.8 Å². The highest BCUT2D eigenvalue weighted by Gasteiger charge is 2.18. The lowest BCUT2D eigenvalue weighted by atomic mass is 10.1. The molecule has 0 saturated carbocycles. The number of benzene rings is 1. The third-order valence-corrected chi connectivity index (χ3v) is 4.90. The fraction of sp³-hybridized carbons (Fsp3) is 0.300. The number of likely N-dealkylation sites (N-methyl/N-ethyl adjacent to an activating group) is 1. The first-order valence-electron chi connectivity index (χ1n) is 9.26. The summed E-state index contributed by atoms with van der Waals surface area (Å²) >= 11 is 0. The fourth-order valence-corrected chi connectivity index (χ4v) is 3.23. The normalized spacial score (nSPS) is 14.9. The number of carbonyl (C=O) groups is 1. The van der Waals surface area contributed by atoms with Crippen LogP contribution in [0.5, 0.6) is 0 Å². The molecule has 1 aliphatic rings. The van der Waals surface area contributed by atoms with E-state index >= 15 is 0 Å². The molecule has 144 valence electrons. The number of anilines is 2. The number of nitrogens with zero attached hydrogens (tertiary/aromatic N) is 6. The van der Waals surface area contributed by atoms with Gasteiger partial charge in [-0.1, -0.05) is 30.3 Å². The van der Waals surface area contributed by atoms with Crippen molar-refractivity contribution in [1.29, 1.82) is 0 Å². The average Bonchev–Trinajstić information content (AvgIpc) is 3.11. The minimum atomic E-state index is -0.250. The van der Waals surface area contributed by atoms with Gasteiger partial charge in [0.25, 0.3) is 5.91 Å². The van der Waals surface area contributed by atoms with E-state index in [1.165, 1.54) is 6.33 Å². The van der Waals surface area contributed by atoms with Crippen molar-refractivity contribution in [2.45, 2.75) is 0 Å². The minimum absolute atomic E-state index is 0.250. The summed E-state index contributed by atoms with van der Waals surface area (Å²) in [5.74, 6) is 1.06. The monoisotopic (exact) mass is 377 g/mol. The van der Waals surface area contributed by atoms with Crippen LogP contribution < -0.4 is 10.2 Å². The lowest BCUT2D eigenvalue weighted by Gasteiger charge is -2.33. The Morgan fingerprint density at radius 2 is 1.75 bits per heavy atom. The lowest BCUT2D eigenvalue weighted by Crippen LogP contribution is -2.44. The van der Waals surface area contributed by atoms with Crippen molar-refractivity contribution in [3.63, 3.8) is 0 Å². The summed E-state index contributed by atoms with van der Waals surface area (Å²) < 4.78 is 1.58. The Hall–Kier alpha value is -3.26. The highest BCUT2D eigenvalue weighted by atomic mass is 16.2. The van der Waals surface area contributed by atoms with E-state index in [4.69, 9.17) is 0 Å². The Kier molecular flexibility index (Phi) is 5.03. The lowest BCUT2D eigenvalue weighted by molar-refractivity contribution is 0.101. The molecule has 28 heavy (non-hydrogen) atoms. The number of aryl methyl sites for hydroxylation is 1. The van der Waals surface area contributed by atoms with Gasteiger partial charge in [-0.25, -0.2) is 9.97 Å². The summed E-state index contributed by atoms with van der Waals surface area (Å²) in [4.78, 5) is 25.8. The molecule has 1 fully saturated rings. The van der Waals surface area contributed by atoms with E-state index < -0.39 is 0 Å². The molecule has 1 aromatic carbocycles. The predicted molar refractivity (Wildman–Crippen MR) is 108 cm³/mol. The van der Waals surface area contributed by atoms with Crippen molar-refractivity contribution in [2.24, 2.45) is 7.05 Å². The highest BCUT2D eigenvalue weighted by Crippen LogP contribution is 2.20. The minimum Gasteiger partial charge on any atom is -0.354 e. The molecule has 0 bridgehead atoms. The molecular weight excluding hydrogens is 354 g/mol. The topological polar surface area (TPSA) is 79.2 Å². The number of carbonyl (C=O) groups excluding carboxylic acids is 1. The quantitative estimate of drug-likeness (QED) is 0.748. The zero-order valence-electron chi connectivity index (χ0n) is 16.0. The molecule has 2 aromatic heterocycles. The van der Waals surface area contributed by atoms with Crippen molar-refractivity contribution in [3.8, 4) is 11.3 Å². The van der Waals surface area contributed by atoms with E-state index in [2.05, 4.69) is 37.2 Å². The van der Waals surface area contributed by atoms with E-state index in [0.717, 1.165) is 43.3 Å². The van der Waals surface area contributed by atoms with Crippen molar-refractivity contribution >= 4 is 17.5 Å². The first-order chi connectivity index (χ1) is 13.6. The van der Waals surface area contributed by atoms with Crippen LogP contribution in [0, 0.1) is 0 Å². The summed E-state index contributed by atoms with van der Waals surface area (Å²) in [7, 11) is 3.87. The van der Waals surface area contributed by atoms with Crippen LogP contribution in [0.3, 0.4) is 0 Å². The van der Waals surface area contributed by atoms with Crippen LogP contribution in [0.25, 0.3) is 11.3 Å². The standard InChI is InChI=1S/C20H23N7O/c1-25-8-10-27(11-9-25)19-13-18(21-14-22-19)23-20(28)17-12-16(24-26(17)2)15-6-4-3-5-7-15/h3-7,12-14H,8-11H2,1-2H3,(H,21,22,23,28). The van der Waals surface area contributed by atoms with Crippen LogP contribution in [0.4, 0.5) is 11.6 Å². The van der Waals surface area contributed by atoms with Crippen LogP contribution in [0.1, 0.15) is 10.5 Å². The average molecular weight is 377 g/mol. The summed E-state index contributed by atoms with van der Waals surface area (Å²) in [6, 6.07) is 13.4. The molecule has 1 amide bonds. The maximum Gasteiger partial charge on any atom is 0.275 e. The first-order valence-corrected chi connectivity index (χ1v) is 9.26. The third-order valence-electron chi connectivity index (χ3n) is 4.90. The predicted octanol–water partition coefficient (Wildman–Crippen LogP) is 1.88.